The predicted molar refractivity (Wildman–Crippen MR) is 116 cm³/mol. The molecule has 0 aliphatic carbocycles. The number of nitrogens with one attached hydrogen (secondary N) is 1. The lowest BCUT2D eigenvalue weighted by Crippen LogP contribution is -1.99. The van der Waals surface area contributed by atoms with Gasteiger partial charge in [-0.25, -0.2) is 0 Å². The zero-order valence-electron chi connectivity index (χ0n) is 14.9. The molecule has 3 heteroatoms. The van der Waals surface area contributed by atoms with Crippen LogP contribution in [0.2, 0.25) is 0 Å². The van der Waals surface area contributed by atoms with Crippen molar-refractivity contribution in [3.63, 3.8) is 0 Å². The van der Waals surface area contributed by atoms with Crippen molar-refractivity contribution in [2.45, 2.75) is 13.8 Å². The molecular weight excluding hydrogens is 384 g/mol. The normalized spacial score (nSPS) is 11.7. The van der Waals surface area contributed by atoms with Gasteiger partial charge in [-0.05, 0) is 61.9 Å². The smallest absolute Gasteiger partial charge is 0.0629 e. The monoisotopic (exact) mass is 404 g/mol. The Morgan fingerprint density at radius 2 is 1.38 bits per heavy atom. The van der Waals surface area contributed by atoms with Gasteiger partial charge in [0.1, 0.15) is 0 Å². The van der Waals surface area contributed by atoms with Crippen molar-refractivity contribution in [2.75, 3.05) is 5.32 Å². The van der Waals surface area contributed by atoms with Crippen LogP contribution in [0.4, 0.5) is 11.4 Å². The molecule has 0 bridgehead atoms. The van der Waals surface area contributed by atoms with Crippen LogP contribution in [-0.2, 0) is 0 Å². The van der Waals surface area contributed by atoms with Gasteiger partial charge in [-0.15, -0.1) is 0 Å². The van der Waals surface area contributed by atoms with Gasteiger partial charge in [-0.3, -0.25) is 4.99 Å². The molecule has 3 aromatic rings. The van der Waals surface area contributed by atoms with Gasteiger partial charge in [0.05, 0.1) is 5.69 Å². The first-order valence-corrected chi connectivity index (χ1v) is 9.30. The van der Waals surface area contributed by atoms with E-state index in [0.29, 0.717) is 0 Å². The van der Waals surface area contributed by atoms with E-state index < -0.39 is 0 Å². The summed E-state index contributed by atoms with van der Waals surface area (Å²) in [6.45, 7) is 4.16. The summed E-state index contributed by atoms with van der Waals surface area (Å²) in [5, 5.41) is 3.49. The van der Waals surface area contributed by atoms with E-state index >= 15 is 0 Å². The third-order valence-electron chi connectivity index (χ3n) is 3.98. The van der Waals surface area contributed by atoms with Crippen molar-refractivity contribution in [1.82, 2.24) is 0 Å². The van der Waals surface area contributed by atoms with Crippen molar-refractivity contribution < 1.29 is 0 Å². The quantitative estimate of drug-likeness (QED) is 0.458. The molecule has 0 saturated carbocycles. The van der Waals surface area contributed by atoms with Crippen LogP contribution in [0.25, 0.3) is 5.70 Å². The summed E-state index contributed by atoms with van der Waals surface area (Å²) >= 11 is 3.49. The number of hydrogen-bond donors (Lipinski definition) is 1. The van der Waals surface area contributed by atoms with Crippen molar-refractivity contribution in [2.24, 2.45) is 4.99 Å². The number of aryl methyl sites for hydroxylation is 2. The molecule has 0 amide bonds. The fraction of sp³-hybridized carbons (Fsp3) is 0.0870. The average Bonchev–Trinajstić information content (AvgIpc) is 2.65. The maximum absolute atomic E-state index is 4.54. The van der Waals surface area contributed by atoms with E-state index in [-0.39, 0.29) is 0 Å². The van der Waals surface area contributed by atoms with E-state index in [1.165, 1.54) is 11.1 Å². The lowest BCUT2D eigenvalue weighted by atomic mass is 10.1. The number of nitrogens with zero attached hydrogens (tertiary/aromatic N) is 1. The van der Waals surface area contributed by atoms with Gasteiger partial charge in [-0.1, -0.05) is 63.5 Å². The van der Waals surface area contributed by atoms with Crippen LogP contribution >= 0.6 is 15.9 Å². The van der Waals surface area contributed by atoms with Crippen molar-refractivity contribution in [3.8, 4) is 0 Å². The Morgan fingerprint density at radius 1 is 0.808 bits per heavy atom. The minimum absolute atomic E-state index is 0.942. The van der Waals surface area contributed by atoms with E-state index in [9.17, 15) is 0 Å². The standard InChI is InChI=1S/C23H21BrN2/c1-17-3-11-21(12-4-17)25-16-15-23(19-7-9-20(24)10-8-19)26-22-13-5-18(2)6-14-22/h3-16,26H,1-2H3/b23-15-,25-16?. The highest BCUT2D eigenvalue weighted by Crippen LogP contribution is 2.21. The van der Waals surface area contributed by atoms with E-state index in [1.807, 2.05) is 36.6 Å². The summed E-state index contributed by atoms with van der Waals surface area (Å²) in [7, 11) is 0. The highest BCUT2D eigenvalue weighted by atomic mass is 79.9. The highest BCUT2D eigenvalue weighted by Gasteiger charge is 2.02. The molecular formula is C23H21BrN2. The number of anilines is 1. The van der Waals surface area contributed by atoms with Crippen LogP contribution in [0, 0.1) is 13.8 Å². The Labute approximate surface area is 163 Å². The molecule has 0 atom stereocenters. The Balaban J connectivity index is 1.87. The van der Waals surface area contributed by atoms with Gasteiger partial charge in [0.2, 0.25) is 0 Å². The van der Waals surface area contributed by atoms with Gasteiger partial charge in [0, 0.05) is 22.1 Å². The Kier molecular flexibility index (Phi) is 6.03. The fourth-order valence-corrected chi connectivity index (χ4v) is 2.72. The maximum Gasteiger partial charge on any atom is 0.0629 e. The van der Waals surface area contributed by atoms with Gasteiger partial charge in [0.15, 0.2) is 0 Å². The molecule has 0 fully saturated rings. The summed E-state index contributed by atoms with van der Waals surface area (Å²) in [4.78, 5) is 4.54. The van der Waals surface area contributed by atoms with Crippen LogP contribution < -0.4 is 5.32 Å². The van der Waals surface area contributed by atoms with Gasteiger partial charge >= 0.3 is 0 Å². The van der Waals surface area contributed by atoms with Crippen LogP contribution in [0.5, 0.6) is 0 Å². The second-order valence-corrected chi connectivity index (χ2v) is 7.11. The molecule has 130 valence electrons. The molecule has 0 aliphatic rings. The highest BCUT2D eigenvalue weighted by molar-refractivity contribution is 9.10. The SMILES string of the molecule is Cc1ccc(N=C/C=C(\Nc2ccc(C)cc2)c2ccc(Br)cc2)cc1. The van der Waals surface area contributed by atoms with E-state index in [1.54, 1.807) is 0 Å². The second-order valence-electron chi connectivity index (χ2n) is 6.19. The lowest BCUT2D eigenvalue weighted by molar-refractivity contribution is 1.44. The van der Waals surface area contributed by atoms with E-state index in [2.05, 4.69) is 88.6 Å². The average molecular weight is 405 g/mol. The number of aliphatic imine (C=N–C) groups is 1. The third kappa shape index (κ3) is 5.17. The second kappa shape index (κ2) is 8.63. The first-order chi connectivity index (χ1) is 12.6. The lowest BCUT2D eigenvalue weighted by Gasteiger charge is -2.11. The predicted octanol–water partition coefficient (Wildman–Crippen LogP) is 6.92. The summed E-state index contributed by atoms with van der Waals surface area (Å²) in [6, 6.07) is 24.8. The Morgan fingerprint density at radius 3 is 2.00 bits per heavy atom. The number of allylic oxidation sites excluding steroid dienone is 1. The molecule has 1 N–H and O–H groups in total. The minimum atomic E-state index is 0.942. The van der Waals surface area contributed by atoms with E-state index in [0.717, 1.165) is 27.1 Å². The van der Waals surface area contributed by atoms with Crippen molar-refractivity contribution >= 4 is 39.2 Å². The number of rotatable bonds is 5. The molecule has 0 heterocycles. The van der Waals surface area contributed by atoms with Crippen molar-refractivity contribution in [3.05, 3.63) is 100 Å². The molecule has 0 aromatic heterocycles. The fourth-order valence-electron chi connectivity index (χ4n) is 2.46. The molecule has 0 radical (unpaired) electrons. The zero-order chi connectivity index (χ0) is 18.4. The van der Waals surface area contributed by atoms with Crippen LogP contribution in [0.15, 0.2) is 88.3 Å². The zero-order valence-corrected chi connectivity index (χ0v) is 16.5. The summed E-state index contributed by atoms with van der Waals surface area (Å²) in [5.41, 5.74) is 6.56. The Hall–Kier alpha value is -2.65. The number of hydrogen-bond acceptors (Lipinski definition) is 2. The molecule has 0 spiro atoms. The summed E-state index contributed by atoms with van der Waals surface area (Å²) in [6.07, 6.45) is 3.84. The minimum Gasteiger partial charge on any atom is -0.355 e. The number of halogens is 1. The third-order valence-corrected chi connectivity index (χ3v) is 4.51. The van der Waals surface area contributed by atoms with Crippen molar-refractivity contribution in [1.29, 1.82) is 0 Å². The molecule has 3 aromatic carbocycles. The number of benzene rings is 3. The Bertz CT molecular complexity index is 906. The molecule has 26 heavy (non-hydrogen) atoms. The maximum atomic E-state index is 4.54. The molecule has 3 rings (SSSR count). The summed E-state index contributed by atoms with van der Waals surface area (Å²) < 4.78 is 1.06. The van der Waals surface area contributed by atoms with Crippen LogP contribution in [0.1, 0.15) is 16.7 Å². The van der Waals surface area contributed by atoms with Crippen LogP contribution in [0.3, 0.4) is 0 Å². The van der Waals surface area contributed by atoms with E-state index in [4.69, 9.17) is 0 Å². The molecule has 2 nitrogen and oxygen atoms in total. The first-order valence-electron chi connectivity index (χ1n) is 8.51. The van der Waals surface area contributed by atoms with Crippen LogP contribution in [-0.4, -0.2) is 6.21 Å². The molecule has 0 unspecified atom stereocenters. The first kappa shape index (κ1) is 18.2. The van der Waals surface area contributed by atoms with Gasteiger partial charge in [-0.2, -0.15) is 0 Å². The topological polar surface area (TPSA) is 24.4 Å². The molecule has 0 aliphatic heterocycles. The summed E-state index contributed by atoms with van der Waals surface area (Å²) in [5.74, 6) is 0. The van der Waals surface area contributed by atoms with Gasteiger partial charge in [0.25, 0.3) is 0 Å². The van der Waals surface area contributed by atoms with Gasteiger partial charge < -0.3 is 5.32 Å². The molecule has 0 saturated heterocycles. The largest absolute Gasteiger partial charge is 0.355 e.